The van der Waals surface area contributed by atoms with Gasteiger partial charge in [0, 0.05) is 42.3 Å². The molecule has 0 spiro atoms. The van der Waals surface area contributed by atoms with Crippen molar-refractivity contribution in [3.63, 3.8) is 0 Å². The number of fused-ring (bicyclic) bond motifs is 1. The molecule has 0 amide bonds. The van der Waals surface area contributed by atoms with Crippen LogP contribution in [0.15, 0.2) is 59.8 Å². The van der Waals surface area contributed by atoms with Gasteiger partial charge in [0.15, 0.2) is 0 Å². The van der Waals surface area contributed by atoms with Crippen LogP contribution in [0.5, 0.6) is 0 Å². The molecule has 8 heteroatoms. The summed E-state index contributed by atoms with van der Waals surface area (Å²) in [5.74, 6) is 1.17. The first kappa shape index (κ1) is 24.9. The lowest BCUT2D eigenvalue weighted by Crippen LogP contribution is -2.26. The van der Waals surface area contributed by atoms with E-state index >= 15 is 0 Å². The van der Waals surface area contributed by atoms with Gasteiger partial charge >= 0.3 is 0 Å². The van der Waals surface area contributed by atoms with Crippen LogP contribution in [0.25, 0.3) is 10.9 Å². The fourth-order valence-electron chi connectivity index (χ4n) is 5.27. The van der Waals surface area contributed by atoms with Crippen molar-refractivity contribution in [1.29, 1.82) is 5.26 Å². The molecule has 0 aliphatic heterocycles. The zero-order valence-electron chi connectivity index (χ0n) is 20.8. The van der Waals surface area contributed by atoms with E-state index in [2.05, 4.69) is 32.4 Å². The molecule has 1 unspecified atom stereocenters. The van der Waals surface area contributed by atoms with Crippen LogP contribution in [0.1, 0.15) is 67.6 Å². The summed E-state index contributed by atoms with van der Waals surface area (Å²) in [5.41, 5.74) is 3.86. The average molecular weight is 513 g/mol. The van der Waals surface area contributed by atoms with Crippen molar-refractivity contribution in [2.24, 2.45) is 5.92 Å². The molecular formula is C29H29ClN6O. The Kier molecular flexibility index (Phi) is 7.47. The third kappa shape index (κ3) is 5.50. The van der Waals surface area contributed by atoms with Gasteiger partial charge in [-0.3, -0.25) is 4.79 Å². The van der Waals surface area contributed by atoms with Crippen molar-refractivity contribution >= 4 is 28.2 Å². The first-order valence-electron chi connectivity index (χ1n) is 12.8. The number of benzene rings is 1. The summed E-state index contributed by atoms with van der Waals surface area (Å²) in [5, 5.41) is 14.2. The van der Waals surface area contributed by atoms with Crippen LogP contribution < -0.4 is 10.9 Å². The number of halogens is 1. The Morgan fingerprint density at radius 2 is 1.89 bits per heavy atom. The van der Waals surface area contributed by atoms with E-state index in [9.17, 15) is 10.1 Å². The molecule has 1 atom stereocenters. The molecular weight excluding hydrogens is 484 g/mol. The fraction of sp³-hybridized carbons (Fsp3) is 0.345. The maximum absolute atomic E-state index is 13.4. The minimum atomic E-state index is -0.189. The Balaban J connectivity index is 1.57. The topological polar surface area (TPSA) is 96.5 Å². The quantitative estimate of drug-likeness (QED) is 0.302. The number of nitrogens with zero attached hydrogens (tertiary/aromatic N) is 5. The van der Waals surface area contributed by atoms with E-state index < -0.39 is 0 Å². The van der Waals surface area contributed by atoms with Crippen LogP contribution in [-0.2, 0) is 13.0 Å². The van der Waals surface area contributed by atoms with Crippen LogP contribution >= 0.6 is 11.6 Å². The van der Waals surface area contributed by atoms with Gasteiger partial charge in [-0.2, -0.15) is 5.26 Å². The lowest BCUT2D eigenvalue weighted by atomic mass is 9.89. The molecule has 1 saturated carbocycles. The Bertz CT molecular complexity index is 1510. The Morgan fingerprint density at radius 1 is 1.11 bits per heavy atom. The second-order valence-corrected chi connectivity index (χ2v) is 10.1. The van der Waals surface area contributed by atoms with Gasteiger partial charge in [-0.25, -0.2) is 15.0 Å². The Labute approximate surface area is 221 Å². The molecule has 188 valence electrons. The summed E-state index contributed by atoms with van der Waals surface area (Å²) >= 11 is 6.17. The van der Waals surface area contributed by atoms with Gasteiger partial charge in [0.2, 0.25) is 0 Å². The summed E-state index contributed by atoms with van der Waals surface area (Å²) < 4.78 is 1.92. The van der Waals surface area contributed by atoms with Gasteiger partial charge in [0.1, 0.15) is 17.0 Å². The molecule has 0 saturated heterocycles. The molecule has 0 radical (unpaired) electrons. The molecule has 1 N–H and O–H groups in total. The molecule has 3 heterocycles. The molecule has 5 rings (SSSR count). The van der Waals surface area contributed by atoms with Crippen LogP contribution in [0.3, 0.4) is 0 Å². The van der Waals surface area contributed by atoms with Crippen molar-refractivity contribution in [2.75, 3.05) is 5.32 Å². The fourth-order valence-corrected chi connectivity index (χ4v) is 5.49. The molecule has 37 heavy (non-hydrogen) atoms. The van der Waals surface area contributed by atoms with Gasteiger partial charge in [0.05, 0.1) is 17.1 Å². The Hall–Kier alpha value is -3.76. The minimum absolute atomic E-state index is 0.0119. The summed E-state index contributed by atoms with van der Waals surface area (Å²) in [7, 11) is 0. The summed E-state index contributed by atoms with van der Waals surface area (Å²) in [6.07, 6.45) is 11.6. The monoisotopic (exact) mass is 512 g/mol. The lowest BCUT2D eigenvalue weighted by Gasteiger charge is -2.24. The van der Waals surface area contributed by atoms with Crippen LogP contribution in [0, 0.1) is 17.2 Å². The van der Waals surface area contributed by atoms with Crippen LogP contribution in [0.4, 0.5) is 5.69 Å². The predicted molar refractivity (Wildman–Crippen MR) is 146 cm³/mol. The number of aromatic nitrogens is 4. The summed E-state index contributed by atoms with van der Waals surface area (Å²) in [6.45, 7) is 2.71. The zero-order valence-corrected chi connectivity index (χ0v) is 21.6. The largest absolute Gasteiger partial charge is 0.375 e. The molecule has 1 aliphatic carbocycles. The maximum atomic E-state index is 13.4. The predicted octanol–water partition coefficient (Wildman–Crippen LogP) is 6.06. The smallest absolute Gasteiger partial charge is 0.253 e. The number of pyridine rings is 2. The van der Waals surface area contributed by atoms with Gasteiger partial charge in [-0.1, -0.05) is 36.9 Å². The van der Waals surface area contributed by atoms with E-state index in [4.69, 9.17) is 11.6 Å². The molecule has 1 aliphatic rings. The molecule has 7 nitrogen and oxygen atoms in total. The molecule has 1 fully saturated rings. The van der Waals surface area contributed by atoms with Crippen LogP contribution in [-0.4, -0.2) is 19.5 Å². The second-order valence-electron chi connectivity index (χ2n) is 9.76. The van der Waals surface area contributed by atoms with E-state index in [-0.39, 0.29) is 16.8 Å². The van der Waals surface area contributed by atoms with Gasteiger partial charge < -0.3 is 9.88 Å². The first-order chi connectivity index (χ1) is 18.0. The zero-order chi connectivity index (χ0) is 25.8. The van der Waals surface area contributed by atoms with Crippen molar-refractivity contribution in [3.8, 4) is 6.07 Å². The highest BCUT2D eigenvalue weighted by atomic mass is 35.5. The number of hydrogen-bond acceptors (Lipinski definition) is 6. The third-order valence-corrected chi connectivity index (χ3v) is 7.47. The maximum Gasteiger partial charge on any atom is 0.253 e. The number of nitrogens with one attached hydrogen (secondary N) is 1. The average Bonchev–Trinajstić information content (AvgIpc) is 2.92. The summed E-state index contributed by atoms with van der Waals surface area (Å²) in [4.78, 5) is 26.1. The van der Waals surface area contributed by atoms with Crippen molar-refractivity contribution in [3.05, 3.63) is 93.0 Å². The highest BCUT2D eigenvalue weighted by Gasteiger charge is 2.19. The van der Waals surface area contributed by atoms with Gasteiger partial charge in [0.25, 0.3) is 5.56 Å². The highest BCUT2D eigenvalue weighted by Crippen LogP contribution is 2.30. The molecule has 1 aromatic carbocycles. The van der Waals surface area contributed by atoms with Crippen molar-refractivity contribution in [1.82, 2.24) is 19.5 Å². The van der Waals surface area contributed by atoms with Crippen molar-refractivity contribution < 1.29 is 0 Å². The number of rotatable bonds is 7. The van der Waals surface area contributed by atoms with E-state index in [1.165, 1.54) is 19.3 Å². The van der Waals surface area contributed by atoms with E-state index in [0.717, 1.165) is 47.1 Å². The second kappa shape index (κ2) is 11.1. The van der Waals surface area contributed by atoms with Gasteiger partial charge in [-0.15, -0.1) is 0 Å². The Morgan fingerprint density at radius 3 is 2.65 bits per heavy atom. The summed E-state index contributed by atoms with van der Waals surface area (Å²) in [6, 6.07) is 13.4. The third-order valence-electron chi connectivity index (χ3n) is 7.18. The van der Waals surface area contributed by atoms with Crippen LogP contribution in [0.2, 0.25) is 5.15 Å². The minimum Gasteiger partial charge on any atom is -0.375 e. The molecule has 4 aromatic rings. The normalized spacial score (nSPS) is 14.8. The molecule has 3 aromatic heterocycles. The van der Waals surface area contributed by atoms with E-state index in [1.807, 2.05) is 29.7 Å². The number of hydrogen-bond donors (Lipinski definition) is 1. The number of nitriles is 1. The lowest BCUT2D eigenvalue weighted by molar-refractivity contribution is 0.320. The SMILES string of the molecule is CC(Nc1cc(=O)n(CC2CCCCC2)c2ccc(Cc3ccnc(Cl)c3C#N)cc12)c1ncccn1. The highest BCUT2D eigenvalue weighted by molar-refractivity contribution is 6.30. The molecule has 0 bridgehead atoms. The first-order valence-corrected chi connectivity index (χ1v) is 13.1. The van der Waals surface area contributed by atoms with Crippen molar-refractivity contribution in [2.45, 2.75) is 58.0 Å². The van der Waals surface area contributed by atoms with E-state index in [1.54, 1.807) is 30.7 Å². The van der Waals surface area contributed by atoms with E-state index in [0.29, 0.717) is 23.7 Å². The standard InChI is InChI=1S/C29H29ClN6O/c1-19(29-33-11-5-12-34-29)35-25-16-27(37)36(18-20-6-3-2-4-7-20)26-9-8-21(15-23(25)26)14-22-10-13-32-28(30)24(22)17-31/h5,8-13,15-16,19-20,35H,2-4,6-7,14,18H2,1H3. The number of anilines is 1. The van der Waals surface area contributed by atoms with Gasteiger partial charge in [-0.05, 0) is 67.5 Å².